The number of halogens is 1. The van der Waals surface area contributed by atoms with E-state index in [9.17, 15) is 5.11 Å². The zero-order valence-electron chi connectivity index (χ0n) is 14.5. The van der Waals surface area contributed by atoms with Gasteiger partial charge in [0.05, 0.1) is 32.5 Å². The summed E-state index contributed by atoms with van der Waals surface area (Å²) in [5.74, 6) is 0.863. The first kappa shape index (κ1) is 18.2. The molecule has 0 aliphatic carbocycles. The molecular weight excluding hydrogens is 338 g/mol. The molecule has 1 unspecified atom stereocenters. The van der Waals surface area contributed by atoms with Crippen LogP contribution < -0.4 is 4.74 Å². The van der Waals surface area contributed by atoms with Crippen molar-refractivity contribution in [2.45, 2.75) is 19.6 Å². The predicted octanol–water partition coefficient (Wildman–Crippen LogP) is 3.65. The Labute approximate surface area is 153 Å². The van der Waals surface area contributed by atoms with Crippen LogP contribution in [-0.2, 0) is 11.3 Å². The Balaban J connectivity index is 2.00. The van der Waals surface area contributed by atoms with Crippen LogP contribution in [-0.4, -0.2) is 42.9 Å². The van der Waals surface area contributed by atoms with Crippen LogP contribution in [0.5, 0.6) is 5.75 Å². The number of morpholine rings is 1. The third-order valence-corrected chi connectivity index (χ3v) is 4.80. The number of benzene rings is 2. The molecule has 1 fully saturated rings. The third kappa shape index (κ3) is 4.33. The van der Waals surface area contributed by atoms with Gasteiger partial charge in [0, 0.05) is 18.1 Å². The van der Waals surface area contributed by atoms with Gasteiger partial charge in [-0.2, -0.15) is 0 Å². The fraction of sp³-hybridized carbons (Fsp3) is 0.400. The van der Waals surface area contributed by atoms with E-state index >= 15 is 0 Å². The highest BCUT2D eigenvalue weighted by Crippen LogP contribution is 2.35. The molecule has 2 aromatic carbocycles. The summed E-state index contributed by atoms with van der Waals surface area (Å²) in [6.45, 7) is 5.75. The molecule has 134 valence electrons. The molecule has 0 saturated carbocycles. The molecule has 0 spiro atoms. The number of ether oxygens (including phenoxy) is 2. The van der Waals surface area contributed by atoms with Gasteiger partial charge < -0.3 is 14.6 Å². The lowest BCUT2D eigenvalue weighted by Gasteiger charge is -2.35. The SMILES string of the molecule is CCOc1ccc(C(c2cc(CO)ccc2Cl)N2CCOCC2)cc1. The van der Waals surface area contributed by atoms with Crippen molar-refractivity contribution in [3.63, 3.8) is 0 Å². The zero-order valence-corrected chi connectivity index (χ0v) is 15.2. The first-order valence-electron chi connectivity index (χ1n) is 8.66. The largest absolute Gasteiger partial charge is 0.494 e. The van der Waals surface area contributed by atoms with Crippen molar-refractivity contribution >= 4 is 11.6 Å². The molecule has 1 heterocycles. The van der Waals surface area contributed by atoms with Gasteiger partial charge in [0.2, 0.25) is 0 Å². The molecule has 1 saturated heterocycles. The molecule has 0 radical (unpaired) electrons. The maximum Gasteiger partial charge on any atom is 0.119 e. The second kappa shape index (κ2) is 8.68. The first-order chi connectivity index (χ1) is 12.2. The van der Waals surface area contributed by atoms with Crippen molar-refractivity contribution in [2.75, 3.05) is 32.9 Å². The molecule has 0 bridgehead atoms. The molecule has 0 aromatic heterocycles. The lowest BCUT2D eigenvalue weighted by Crippen LogP contribution is -2.39. The summed E-state index contributed by atoms with van der Waals surface area (Å²) in [6.07, 6.45) is 0. The summed E-state index contributed by atoms with van der Waals surface area (Å²) in [6, 6.07) is 13.9. The number of hydrogen-bond acceptors (Lipinski definition) is 4. The highest BCUT2D eigenvalue weighted by molar-refractivity contribution is 6.31. The van der Waals surface area contributed by atoms with Crippen LogP contribution in [0.4, 0.5) is 0 Å². The number of hydrogen-bond donors (Lipinski definition) is 1. The lowest BCUT2D eigenvalue weighted by molar-refractivity contribution is 0.0239. The maximum absolute atomic E-state index is 9.52. The van der Waals surface area contributed by atoms with E-state index in [1.54, 1.807) is 0 Å². The van der Waals surface area contributed by atoms with E-state index in [0.29, 0.717) is 24.8 Å². The highest BCUT2D eigenvalue weighted by atomic mass is 35.5. The quantitative estimate of drug-likeness (QED) is 0.852. The second-order valence-corrected chi connectivity index (χ2v) is 6.47. The maximum atomic E-state index is 9.52. The minimum atomic E-state index is 0.00325. The van der Waals surface area contributed by atoms with Crippen molar-refractivity contribution in [2.24, 2.45) is 0 Å². The molecule has 4 nitrogen and oxygen atoms in total. The van der Waals surface area contributed by atoms with Crippen molar-refractivity contribution in [3.8, 4) is 5.75 Å². The molecule has 1 aliphatic heterocycles. The van der Waals surface area contributed by atoms with Crippen LogP contribution >= 0.6 is 11.6 Å². The minimum absolute atomic E-state index is 0.00325. The van der Waals surface area contributed by atoms with E-state index in [2.05, 4.69) is 17.0 Å². The van der Waals surface area contributed by atoms with Crippen molar-refractivity contribution in [3.05, 3.63) is 64.2 Å². The van der Waals surface area contributed by atoms with Crippen molar-refractivity contribution in [1.29, 1.82) is 0 Å². The molecule has 1 aliphatic rings. The molecule has 5 heteroatoms. The average Bonchev–Trinajstić information content (AvgIpc) is 2.66. The fourth-order valence-electron chi connectivity index (χ4n) is 3.24. The summed E-state index contributed by atoms with van der Waals surface area (Å²) in [4.78, 5) is 2.38. The Morgan fingerprint density at radius 1 is 1.16 bits per heavy atom. The zero-order chi connectivity index (χ0) is 17.6. The fourth-order valence-corrected chi connectivity index (χ4v) is 3.46. The average molecular weight is 362 g/mol. The molecule has 1 atom stereocenters. The number of rotatable bonds is 6. The van der Waals surface area contributed by atoms with Gasteiger partial charge in [-0.1, -0.05) is 35.9 Å². The Hall–Kier alpha value is -1.59. The number of aliphatic hydroxyl groups excluding tert-OH is 1. The summed E-state index contributed by atoms with van der Waals surface area (Å²) >= 11 is 6.53. The first-order valence-corrected chi connectivity index (χ1v) is 9.04. The van der Waals surface area contributed by atoms with Gasteiger partial charge in [0.15, 0.2) is 0 Å². The number of aliphatic hydroxyl groups is 1. The van der Waals surface area contributed by atoms with Gasteiger partial charge in [0.25, 0.3) is 0 Å². The van der Waals surface area contributed by atoms with Crippen LogP contribution in [0.2, 0.25) is 5.02 Å². The van der Waals surface area contributed by atoms with Crippen LogP contribution in [0.3, 0.4) is 0 Å². The lowest BCUT2D eigenvalue weighted by atomic mass is 9.95. The topological polar surface area (TPSA) is 41.9 Å². The predicted molar refractivity (Wildman–Crippen MR) is 99.2 cm³/mol. The van der Waals surface area contributed by atoms with Gasteiger partial charge in [0.1, 0.15) is 5.75 Å². The summed E-state index contributed by atoms with van der Waals surface area (Å²) < 4.78 is 11.1. The van der Waals surface area contributed by atoms with Gasteiger partial charge >= 0.3 is 0 Å². The Morgan fingerprint density at radius 3 is 2.52 bits per heavy atom. The Kier molecular flexibility index (Phi) is 6.32. The molecule has 3 rings (SSSR count). The van der Waals surface area contributed by atoms with Gasteiger partial charge in [-0.25, -0.2) is 0 Å². The summed E-state index contributed by atoms with van der Waals surface area (Å²) in [7, 11) is 0. The molecule has 1 N–H and O–H groups in total. The van der Waals surface area contributed by atoms with E-state index in [0.717, 1.165) is 35.5 Å². The van der Waals surface area contributed by atoms with Crippen LogP contribution in [0.15, 0.2) is 42.5 Å². The van der Waals surface area contributed by atoms with Crippen LogP contribution in [0.25, 0.3) is 0 Å². The summed E-state index contributed by atoms with van der Waals surface area (Å²) in [5.41, 5.74) is 3.03. The van der Waals surface area contributed by atoms with E-state index < -0.39 is 0 Å². The normalized spacial score (nSPS) is 16.6. The molecule has 0 amide bonds. The van der Waals surface area contributed by atoms with Crippen molar-refractivity contribution in [1.82, 2.24) is 4.90 Å². The highest BCUT2D eigenvalue weighted by Gasteiger charge is 2.26. The van der Waals surface area contributed by atoms with Crippen LogP contribution in [0.1, 0.15) is 29.7 Å². The van der Waals surface area contributed by atoms with Gasteiger partial charge in [-0.3, -0.25) is 4.90 Å². The summed E-state index contributed by atoms with van der Waals surface area (Å²) in [5, 5.41) is 10.2. The van der Waals surface area contributed by atoms with E-state index in [-0.39, 0.29) is 12.6 Å². The van der Waals surface area contributed by atoms with Gasteiger partial charge in [-0.15, -0.1) is 0 Å². The Morgan fingerprint density at radius 2 is 1.88 bits per heavy atom. The third-order valence-electron chi connectivity index (χ3n) is 4.46. The number of nitrogens with zero attached hydrogens (tertiary/aromatic N) is 1. The minimum Gasteiger partial charge on any atom is -0.494 e. The standard InChI is InChI=1S/C20H24ClNO3/c1-2-25-17-6-4-16(5-7-17)20(22-9-11-24-12-10-22)18-13-15(14-23)3-8-19(18)21/h3-8,13,20,23H,2,9-12,14H2,1H3. The monoisotopic (exact) mass is 361 g/mol. The van der Waals surface area contributed by atoms with E-state index in [1.807, 2.05) is 37.3 Å². The van der Waals surface area contributed by atoms with Gasteiger partial charge in [-0.05, 0) is 41.8 Å². The second-order valence-electron chi connectivity index (χ2n) is 6.07. The molecule has 2 aromatic rings. The molecular formula is C20H24ClNO3. The van der Waals surface area contributed by atoms with E-state index in [4.69, 9.17) is 21.1 Å². The molecule has 25 heavy (non-hydrogen) atoms. The smallest absolute Gasteiger partial charge is 0.119 e. The van der Waals surface area contributed by atoms with E-state index in [1.165, 1.54) is 0 Å². The van der Waals surface area contributed by atoms with Crippen LogP contribution in [0, 0.1) is 0 Å². The van der Waals surface area contributed by atoms with Crippen molar-refractivity contribution < 1.29 is 14.6 Å². The Bertz CT molecular complexity index is 684.